The van der Waals surface area contributed by atoms with Gasteiger partial charge in [-0.3, -0.25) is 0 Å². The molecule has 0 radical (unpaired) electrons. The van der Waals surface area contributed by atoms with Gasteiger partial charge >= 0.3 is 12.0 Å². The molecule has 2 rings (SSSR count). The monoisotopic (exact) mass is 306 g/mol. The molecule has 0 aliphatic carbocycles. The van der Waals surface area contributed by atoms with Crippen LogP contribution in [-0.4, -0.2) is 83.7 Å². The van der Waals surface area contributed by atoms with Crippen LogP contribution in [0.1, 0.15) is 12.8 Å². The van der Waals surface area contributed by atoms with Gasteiger partial charge in [0.25, 0.3) is 0 Å². The van der Waals surface area contributed by atoms with Crippen molar-refractivity contribution in [3.63, 3.8) is 0 Å². The molecule has 0 bridgehead atoms. The molecular weight excluding hydrogens is 288 g/mol. The molecule has 9 heteroatoms. The number of carboxylic acids is 1. The summed E-state index contributed by atoms with van der Waals surface area (Å²) in [6.07, 6.45) is -0.495. The molecule has 0 spiro atoms. The molecule has 2 amide bonds. The predicted octanol–water partition coefficient (Wildman–Crippen LogP) is -1.25. The van der Waals surface area contributed by atoms with Gasteiger partial charge in [0, 0.05) is 26.1 Å². The normalized spacial score (nSPS) is 30.1. The van der Waals surface area contributed by atoms with Gasteiger partial charge in [-0.05, 0) is 6.42 Å². The lowest BCUT2D eigenvalue weighted by atomic mass is 10.2. The Balaban J connectivity index is 2.08. The van der Waals surface area contributed by atoms with Crippen molar-refractivity contribution >= 4 is 21.8 Å². The van der Waals surface area contributed by atoms with Gasteiger partial charge in [0.2, 0.25) is 0 Å². The van der Waals surface area contributed by atoms with Crippen molar-refractivity contribution in [2.24, 2.45) is 0 Å². The fourth-order valence-corrected chi connectivity index (χ4v) is 3.84. The van der Waals surface area contributed by atoms with E-state index in [1.807, 2.05) is 0 Å². The molecule has 0 unspecified atom stereocenters. The van der Waals surface area contributed by atoms with Crippen LogP contribution in [0.4, 0.5) is 4.79 Å². The topological polar surface area (TPSA) is 115 Å². The summed E-state index contributed by atoms with van der Waals surface area (Å²) in [4.78, 5) is 25.9. The number of nitrogens with zero attached hydrogens (tertiary/aromatic N) is 2. The molecule has 2 atom stereocenters. The second-order valence-corrected chi connectivity index (χ2v) is 7.47. The third kappa shape index (κ3) is 3.21. The van der Waals surface area contributed by atoms with E-state index >= 15 is 0 Å². The number of rotatable bonds is 1. The highest BCUT2D eigenvalue weighted by atomic mass is 32.2. The van der Waals surface area contributed by atoms with Gasteiger partial charge in [-0.2, -0.15) is 0 Å². The Morgan fingerprint density at radius 2 is 1.85 bits per heavy atom. The zero-order valence-corrected chi connectivity index (χ0v) is 11.8. The summed E-state index contributed by atoms with van der Waals surface area (Å²) in [5.74, 6) is -1.22. The van der Waals surface area contributed by atoms with Crippen LogP contribution in [0.5, 0.6) is 0 Å². The summed E-state index contributed by atoms with van der Waals surface area (Å²) in [6.45, 7) is 0.330. The minimum Gasteiger partial charge on any atom is -0.480 e. The van der Waals surface area contributed by atoms with Crippen molar-refractivity contribution in [3.05, 3.63) is 0 Å². The van der Waals surface area contributed by atoms with Crippen LogP contribution in [0.15, 0.2) is 0 Å². The first-order valence-corrected chi connectivity index (χ1v) is 8.29. The van der Waals surface area contributed by atoms with E-state index in [4.69, 9.17) is 5.11 Å². The lowest BCUT2D eigenvalue weighted by molar-refractivity contribution is -0.141. The number of aliphatic hydroxyl groups excluding tert-OH is 1. The standard InChI is InChI=1S/C11H18N2O6S/c14-8-6-9(10(15)16)13(7-8)11(17)12-2-1-4-20(18,19)5-3-12/h8-9,14H,1-7H2,(H,15,16)/t8-,9-/m0/s1. The highest BCUT2D eigenvalue weighted by Crippen LogP contribution is 2.20. The van der Waals surface area contributed by atoms with Gasteiger partial charge in [-0.1, -0.05) is 0 Å². The third-order valence-electron chi connectivity index (χ3n) is 3.64. The average molecular weight is 306 g/mol. The number of likely N-dealkylation sites (tertiary alicyclic amines) is 1. The molecule has 114 valence electrons. The lowest BCUT2D eigenvalue weighted by Crippen LogP contribution is -2.49. The van der Waals surface area contributed by atoms with Crippen LogP contribution in [-0.2, 0) is 14.6 Å². The highest BCUT2D eigenvalue weighted by Gasteiger charge is 2.41. The molecule has 0 aromatic carbocycles. The largest absolute Gasteiger partial charge is 0.480 e. The zero-order chi connectivity index (χ0) is 14.9. The minimum absolute atomic E-state index is 0.00715. The van der Waals surface area contributed by atoms with E-state index in [0.717, 1.165) is 4.90 Å². The molecule has 2 saturated heterocycles. The third-order valence-corrected chi connectivity index (χ3v) is 5.35. The number of carbonyl (C=O) groups excluding carboxylic acids is 1. The Hall–Kier alpha value is -1.35. The minimum atomic E-state index is -3.13. The molecule has 2 aliphatic heterocycles. The maximum Gasteiger partial charge on any atom is 0.326 e. The predicted molar refractivity (Wildman–Crippen MR) is 69.0 cm³/mol. The van der Waals surface area contributed by atoms with Crippen LogP contribution in [0, 0.1) is 0 Å². The van der Waals surface area contributed by atoms with Gasteiger partial charge in [-0.25, -0.2) is 18.0 Å². The Kier molecular flexibility index (Phi) is 4.19. The van der Waals surface area contributed by atoms with Crippen LogP contribution in [0.3, 0.4) is 0 Å². The van der Waals surface area contributed by atoms with Gasteiger partial charge in [0.05, 0.1) is 17.6 Å². The molecule has 2 aliphatic rings. The van der Waals surface area contributed by atoms with E-state index in [2.05, 4.69) is 0 Å². The fourth-order valence-electron chi connectivity index (χ4n) is 2.57. The molecule has 20 heavy (non-hydrogen) atoms. The first-order valence-electron chi connectivity index (χ1n) is 6.47. The van der Waals surface area contributed by atoms with Crippen molar-refractivity contribution in [2.45, 2.75) is 25.0 Å². The van der Waals surface area contributed by atoms with Crippen LogP contribution in [0.2, 0.25) is 0 Å². The average Bonchev–Trinajstić information content (AvgIpc) is 2.65. The van der Waals surface area contributed by atoms with Crippen LogP contribution >= 0.6 is 0 Å². The van der Waals surface area contributed by atoms with E-state index in [0.29, 0.717) is 6.42 Å². The second-order valence-electron chi connectivity index (χ2n) is 5.17. The van der Waals surface area contributed by atoms with Gasteiger partial charge in [0.1, 0.15) is 6.04 Å². The van der Waals surface area contributed by atoms with E-state index in [1.165, 1.54) is 4.90 Å². The molecule has 2 heterocycles. The summed E-state index contributed by atoms with van der Waals surface area (Å²) >= 11 is 0. The lowest BCUT2D eigenvalue weighted by Gasteiger charge is -2.29. The number of β-amino-alcohol motifs (C(OH)–C–C–N with tert-alkyl or cyclic N) is 1. The summed E-state index contributed by atoms with van der Waals surface area (Å²) in [5.41, 5.74) is 0. The number of aliphatic hydroxyl groups is 1. The number of carbonyl (C=O) groups is 2. The Morgan fingerprint density at radius 1 is 1.15 bits per heavy atom. The van der Waals surface area contributed by atoms with Gasteiger partial charge < -0.3 is 20.0 Å². The van der Waals surface area contributed by atoms with Crippen molar-refractivity contribution in [1.29, 1.82) is 0 Å². The van der Waals surface area contributed by atoms with Crippen molar-refractivity contribution in [2.75, 3.05) is 31.1 Å². The summed E-state index contributed by atoms with van der Waals surface area (Å²) in [7, 11) is -3.13. The van der Waals surface area contributed by atoms with Crippen molar-refractivity contribution < 1.29 is 28.2 Å². The number of hydrogen-bond acceptors (Lipinski definition) is 5. The number of hydrogen-bond donors (Lipinski definition) is 2. The van der Waals surface area contributed by atoms with E-state index in [9.17, 15) is 23.1 Å². The maximum atomic E-state index is 12.3. The number of amides is 2. The van der Waals surface area contributed by atoms with E-state index < -0.39 is 34.0 Å². The van der Waals surface area contributed by atoms with Crippen molar-refractivity contribution in [3.8, 4) is 0 Å². The zero-order valence-electron chi connectivity index (χ0n) is 10.9. The maximum absolute atomic E-state index is 12.3. The number of urea groups is 1. The molecule has 2 fully saturated rings. The summed E-state index contributed by atoms with van der Waals surface area (Å²) in [5, 5.41) is 18.6. The molecule has 0 aromatic rings. The fraction of sp³-hybridized carbons (Fsp3) is 0.818. The Morgan fingerprint density at radius 3 is 2.50 bits per heavy atom. The Bertz CT molecular complexity index is 505. The van der Waals surface area contributed by atoms with Gasteiger partial charge in [-0.15, -0.1) is 0 Å². The number of aliphatic carboxylic acids is 1. The van der Waals surface area contributed by atoms with Gasteiger partial charge in [0.15, 0.2) is 9.84 Å². The Labute approximate surface area is 116 Å². The summed E-state index contributed by atoms with van der Waals surface area (Å²) in [6, 6.07) is -1.55. The quantitative estimate of drug-likeness (QED) is 0.625. The van der Waals surface area contributed by atoms with E-state index in [-0.39, 0.29) is 37.6 Å². The molecular formula is C11H18N2O6S. The highest BCUT2D eigenvalue weighted by molar-refractivity contribution is 7.91. The molecule has 0 aromatic heterocycles. The molecule has 2 N–H and O–H groups in total. The first-order chi connectivity index (χ1) is 9.30. The van der Waals surface area contributed by atoms with E-state index in [1.54, 1.807) is 0 Å². The molecule has 0 saturated carbocycles. The number of carboxylic acid groups (broad SMARTS) is 1. The smallest absolute Gasteiger partial charge is 0.326 e. The second kappa shape index (κ2) is 5.57. The van der Waals surface area contributed by atoms with Crippen LogP contribution < -0.4 is 0 Å². The first kappa shape index (κ1) is 15.0. The SMILES string of the molecule is O=C(O)[C@@H]1C[C@H](O)CN1C(=O)N1CCCS(=O)(=O)CC1. The summed E-state index contributed by atoms with van der Waals surface area (Å²) < 4.78 is 23.0. The molecule has 8 nitrogen and oxygen atoms in total. The van der Waals surface area contributed by atoms with Crippen LogP contribution in [0.25, 0.3) is 0 Å². The van der Waals surface area contributed by atoms with Crippen molar-refractivity contribution in [1.82, 2.24) is 9.80 Å². The number of sulfone groups is 1.